The Kier molecular flexibility index (Phi) is 9.80. The van der Waals surface area contributed by atoms with Crippen molar-refractivity contribution < 1.29 is 35.1 Å². The highest BCUT2D eigenvalue weighted by atomic mass is 35.5. The number of hydrogen-bond donors (Lipinski definition) is 2. The van der Waals surface area contributed by atoms with Crippen molar-refractivity contribution in [2.45, 2.75) is 22.0 Å². The number of nitrogen functional groups attached to an aromatic ring is 1. The van der Waals surface area contributed by atoms with Gasteiger partial charge in [-0.15, -0.1) is 0 Å². The second kappa shape index (κ2) is 13.4. The molecule has 15 heteroatoms. The van der Waals surface area contributed by atoms with Gasteiger partial charge in [0.2, 0.25) is 9.84 Å². The molecule has 0 bridgehead atoms. The maximum atomic E-state index is 13.0. The third-order valence-electron chi connectivity index (χ3n) is 7.74. The van der Waals surface area contributed by atoms with Crippen LogP contribution in [0, 0.1) is 0 Å². The molecule has 0 aromatic heterocycles. The zero-order valence-corrected chi connectivity index (χ0v) is 26.3. The normalized spacial score (nSPS) is 16.7. The van der Waals surface area contributed by atoms with E-state index in [9.17, 15) is 30.4 Å². The number of nitrogens with two attached hydrogens (primary N) is 1. The number of anilines is 2. The van der Waals surface area contributed by atoms with Crippen molar-refractivity contribution in [3.8, 4) is 0 Å². The summed E-state index contributed by atoms with van der Waals surface area (Å²) in [5.41, 5.74) is 9.56. The first kappa shape index (κ1) is 32.8. The number of sulfonamides is 1. The third kappa shape index (κ3) is 7.47. The number of carbonyl (C=O) groups excluding carboxylic acids is 1. The molecule has 0 unspecified atom stereocenters. The number of benzene rings is 3. The number of piperazine rings is 1. The average Bonchev–Trinajstić information content (AvgIpc) is 3.02. The van der Waals surface area contributed by atoms with E-state index in [1.54, 1.807) is 12.1 Å². The molecule has 0 saturated carbocycles. The minimum atomic E-state index is -5.17. The maximum absolute atomic E-state index is 13.0. The molecule has 3 aromatic carbocycles. The molecule has 5 rings (SSSR count). The van der Waals surface area contributed by atoms with Crippen LogP contribution >= 0.6 is 11.6 Å². The first-order valence-corrected chi connectivity index (χ1v) is 17.4. The van der Waals surface area contributed by atoms with Gasteiger partial charge in [0.05, 0.1) is 28.7 Å². The lowest BCUT2D eigenvalue weighted by molar-refractivity contribution is 0.0981. The van der Waals surface area contributed by atoms with Crippen molar-refractivity contribution >= 4 is 54.3 Å². The highest BCUT2D eigenvalue weighted by Crippen LogP contribution is 2.29. The van der Waals surface area contributed by atoms with E-state index < -0.39 is 47.0 Å². The molecule has 0 aliphatic carbocycles. The van der Waals surface area contributed by atoms with Crippen molar-refractivity contribution in [3.05, 3.63) is 88.5 Å². The molecule has 0 spiro atoms. The fourth-order valence-corrected chi connectivity index (χ4v) is 7.38. The van der Waals surface area contributed by atoms with E-state index in [2.05, 4.69) is 9.80 Å². The van der Waals surface area contributed by atoms with Crippen LogP contribution in [0.2, 0.25) is 5.02 Å². The summed E-state index contributed by atoms with van der Waals surface area (Å²) in [5, 5.41) is 0.698. The molecule has 2 aliphatic heterocycles. The number of sulfone groups is 1. The van der Waals surface area contributed by atoms with Crippen LogP contribution in [0.25, 0.3) is 5.57 Å². The summed E-state index contributed by atoms with van der Waals surface area (Å²) in [5.74, 6) is -4.77. The zero-order chi connectivity index (χ0) is 32.4. The monoisotopic (exact) mass is 680 g/mol. The number of alkyl halides is 2. The number of rotatable bonds is 9. The standard InChI is InChI=1S/C30H31ClF2N4O6S2/c31-23-5-1-20(2-6-23)26-11-16-43-19-22(26)18-36-12-14-37(15-13-36)24-7-3-21(4-8-24)29(38)35-45(41,42)25-9-10-27(34)28(17-25)44(39,40)30(32)33/h1-10,17,30H,11-16,18-19,34H2,(H,35,38). The van der Waals surface area contributed by atoms with E-state index in [0.717, 1.165) is 62.5 Å². The summed E-state index contributed by atoms with van der Waals surface area (Å²) in [4.78, 5) is 15.6. The molecule has 0 radical (unpaired) electrons. The van der Waals surface area contributed by atoms with Crippen LogP contribution in [0.5, 0.6) is 0 Å². The molecule has 3 N–H and O–H groups in total. The number of ether oxygens (including phenoxy) is 1. The Labute approximate surface area is 265 Å². The zero-order valence-electron chi connectivity index (χ0n) is 24.0. The van der Waals surface area contributed by atoms with Gasteiger partial charge in [-0.1, -0.05) is 23.7 Å². The van der Waals surface area contributed by atoms with Gasteiger partial charge in [-0.25, -0.2) is 21.6 Å². The molecule has 3 aromatic rings. The van der Waals surface area contributed by atoms with Crippen molar-refractivity contribution in [3.63, 3.8) is 0 Å². The van der Waals surface area contributed by atoms with E-state index in [1.807, 2.05) is 29.0 Å². The van der Waals surface area contributed by atoms with Crippen molar-refractivity contribution in [1.29, 1.82) is 0 Å². The minimum absolute atomic E-state index is 0.0378. The van der Waals surface area contributed by atoms with Crippen LogP contribution in [-0.2, 0) is 24.6 Å². The summed E-state index contributed by atoms with van der Waals surface area (Å²) in [6.45, 7) is 5.17. The molecule has 240 valence electrons. The molecule has 0 atom stereocenters. The van der Waals surface area contributed by atoms with Crippen molar-refractivity contribution in [1.82, 2.24) is 9.62 Å². The number of hydrogen-bond acceptors (Lipinski definition) is 9. The second-order valence-corrected chi connectivity index (χ2v) is 14.6. The number of carbonyl (C=O) groups is 1. The molecule has 10 nitrogen and oxygen atoms in total. The molecule has 1 fully saturated rings. The van der Waals surface area contributed by atoms with E-state index in [1.165, 1.54) is 23.3 Å². The molecule has 1 saturated heterocycles. The van der Waals surface area contributed by atoms with Crippen LogP contribution in [0.3, 0.4) is 0 Å². The lowest BCUT2D eigenvalue weighted by atomic mass is 9.95. The maximum Gasteiger partial charge on any atom is 0.341 e. The lowest BCUT2D eigenvalue weighted by Crippen LogP contribution is -2.47. The van der Waals surface area contributed by atoms with Crippen LogP contribution in [-0.4, -0.2) is 79.3 Å². The second-order valence-electron chi connectivity index (χ2n) is 10.6. The minimum Gasteiger partial charge on any atom is -0.398 e. The van der Waals surface area contributed by atoms with Crippen molar-refractivity contribution in [2.75, 3.05) is 56.6 Å². The van der Waals surface area contributed by atoms with Gasteiger partial charge in [0.15, 0.2) is 0 Å². The van der Waals surface area contributed by atoms with Gasteiger partial charge >= 0.3 is 5.76 Å². The summed E-state index contributed by atoms with van der Waals surface area (Å²) in [6.07, 6.45) is 0.847. The van der Waals surface area contributed by atoms with Gasteiger partial charge in [0, 0.05) is 49.0 Å². The Morgan fingerprint density at radius 1 is 0.956 bits per heavy atom. The number of halogens is 3. The van der Waals surface area contributed by atoms with Crippen LogP contribution in [0.1, 0.15) is 22.3 Å². The first-order valence-electron chi connectivity index (χ1n) is 14.0. The predicted molar refractivity (Wildman–Crippen MR) is 168 cm³/mol. The van der Waals surface area contributed by atoms with Gasteiger partial charge in [-0.05, 0) is 77.7 Å². The van der Waals surface area contributed by atoms with Gasteiger partial charge in [-0.3, -0.25) is 9.69 Å². The van der Waals surface area contributed by atoms with E-state index in [4.69, 9.17) is 22.1 Å². The van der Waals surface area contributed by atoms with Crippen molar-refractivity contribution in [2.24, 2.45) is 0 Å². The number of amides is 1. The Balaban J connectivity index is 1.20. The summed E-state index contributed by atoms with van der Waals surface area (Å²) < 4.78 is 83.0. The van der Waals surface area contributed by atoms with Crippen LogP contribution in [0.4, 0.5) is 20.2 Å². The highest BCUT2D eigenvalue weighted by molar-refractivity contribution is 7.92. The van der Waals surface area contributed by atoms with Crippen LogP contribution < -0.4 is 15.4 Å². The Morgan fingerprint density at radius 3 is 2.27 bits per heavy atom. The smallest absolute Gasteiger partial charge is 0.341 e. The van der Waals surface area contributed by atoms with E-state index in [-0.39, 0.29) is 5.56 Å². The number of nitrogens with zero attached hydrogens (tertiary/aromatic N) is 2. The SMILES string of the molecule is Nc1ccc(S(=O)(=O)NC(=O)c2ccc(N3CCN(CC4=C(c5ccc(Cl)cc5)CCOC4)CC3)cc2)cc1S(=O)(=O)C(F)F. The van der Waals surface area contributed by atoms with Crippen LogP contribution in [0.15, 0.2) is 82.1 Å². The quantitative estimate of drug-likeness (QED) is 0.321. The fourth-order valence-electron chi connectivity index (χ4n) is 5.30. The molecular weight excluding hydrogens is 650 g/mol. The largest absolute Gasteiger partial charge is 0.398 e. The Hall–Kier alpha value is -3.56. The molecular formula is C30H31ClF2N4O6S2. The van der Waals surface area contributed by atoms with E-state index >= 15 is 0 Å². The van der Waals surface area contributed by atoms with Gasteiger partial charge in [-0.2, -0.15) is 8.78 Å². The third-order valence-corrected chi connectivity index (χ3v) is 10.8. The molecule has 45 heavy (non-hydrogen) atoms. The predicted octanol–water partition coefficient (Wildman–Crippen LogP) is 4.03. The summed E-state index contributed by atoms with van der Waals surface area (Å²) >= 11 is 6.07. The number of nitrogens with one attached hydrogen (secondary N) is 1. The highest BCUT2D eigenvalue weighted by Gasteiger charge is 2.31. The lowest BCUT2D eigenvalue weighted by Gasteiger charge is -2.37. The summed E-state index contributed by atoms with van der Waals surface area (Å²) in [7, 11) is -9.77. The Morgan fingerprint density at radius 2 is 1.62 bits per heavy atom. The average molecular weight is 681 g/mol. The van der Waals surface area contributed by atoms with Gasteiger partial charge in [0.1, 0.15) is 0 Å². The first-order chi connectivity index (χ1) is 21.3. The van der Waals surface area contributed by atoms with Gasteiger partial charge < -0.3 is 15.4 Å². The molecule has 2 heterocycles. The van der Waals surface area contributed by atoms with E-state index in [0.29, 0.717) is 24.3 Å². The summed E-state index contributed by atoms with van der Waals surface area (Å²) in [6, 6.07) is 16.6. The fraction of sp³-hybridized carbons (Fsp3) is 0.300. The van der Waals surface area contributed by atoms with Gasteiger partial charge in [0.25, 0.3) is 15.9 Å². The molecule has 2 aliphatic rings. The Bertz CT molecular complexity index is 1810. The topological polar surface area (TPSA) is 139 Å². The molecule has 1 amide bonds.